The van der Waals surface area contributed by atoms with E-state index in [2.05, 4.69) is 15.1 Å². The number of benzene rings is 2. The van der Waals surface area contributed by atoms with Gasteiger partial charge in [0.05, 0.1) is 26.5 Å². The molecule has 0 aliphatic rings. The molecule has 29 heavy (non-hydrogen) atoms. The fourth-order valence-electron chi connectivity index (χ4n) is 2.35. The van der Waals surface area contributed by atoms with Crippen molar-refractivity contribution in [1.82, 2.24) is 9.97 Å². The molecular weight excluding hydrogens is 370 g/mol. The normalized spacial score (nSPS) is 11.0. The van der Waals surface area contributed by atoms with Gasteiger partial charge in [-0.05, 0) is 23.8 Å². The van der Waals surface area contributed by atoms with Crippen LogP contribution in [-0.4, -0.2) is 37.0 Å². The van der Waals surface area contributed by atoms with Crippen molar-refractivity contribution >= 4 is 12.3 Å². The van der Waals surface area contributed by atoms with E-state index < -0.39 is 0 Å². The molecule has 3 rings (SSSR count). The van der Waals surface area contributed by atoms with Gasteiger partial charge in [-0.1, -0.05) is 53.7 Å². The Morgan fingerprint density at radius 2 is 1.59 bits per heavy atom. The van der Waals surface area contributed by atoms with Gasteiger partial charge in [-0.3, -0.25) is 0 Å². The molecule has 0 radical (unpaired) electrons. The average Bonchev–Trinajstić information content (AvgIpc) is 2.77. The van der Waals surface area contributed by atoms with E-state index in [1.807, 2.05) is 60.7 Å². The standard InChI is InChI=1S/C22H21N3O4/c1-26-20-15-21(27-2)25-22(24-20)29-19-13-7-6-12-18(19)16-23-28-14-8-11-17-9-4-3-5-10-17/h3-13,15-16H,14H2,1-2H3. The van der Waals surface area contributed by atoms with Crippen LogP contribution in [-0.2, 0) is 4.84 Å². The Balaban J connectivity index is 1.63. The monoisotopic (exact) mass is 391 g/mol. The van der Waals surface area contributed by atoms with Crippen LogP contribution in [0, 0.1) is 0 Å². The Morgan fingerprint density at radius 1 is 0.897 bits per heavy atom. The van der Waals surface area contributed by atoms with Gasteiger partial charge in [0.25, 0.3) is 0 Å². The summed E-state index contributed by atoms with van der Waals surface area (Å²) in [6.07, 6.45) is 5.44. The van der Waals surface area contributed by atoms with Crippen LogP contribution < -0.4 is 14.2 Å². The largest absolute Gasteiger partial charge is 0.481 e. The minimum Gasteiger partial charge on any atom is -0.481 e. The highest BCUT2D eigenvalue weighted by molar-refractivity contribution is 5.83. The lowest BCUT2D eigenvalue weighted by atomic mass is 10.2. The van der Waals surface area contributed by atoms with Gasteiger partial charge in [0.1, 0.15) is 12.4 Å². The van der Waals surface area contributed by atoms with Crippen LogP contribution in [0.1, 0.15) is 11.1 Å². The van der Waals surface area contributed by atoms with Crippen molar-refractivity contribution in [3.05, 3.63) is 77.9 Å². The summed E-state index contributed by atoms with van der Waals surface area (Å²) in [6, 6.07) is 19.0. The lowest BCUT2D eigenvalue weighted by molar-refractivity contribution is 0.177. The van der Waals surface area contributed by atoms with E-state index in [-0.39, 0.29) is 6.01 Å². The van der Waals surface area contributed by atoms with Crippen molar-refractivity contribution in [3.63, 3.8) is 0 Å². The Hall–Kier alpha value is -3.87. The van der Waals surface area contributed by atoms with E-state index in [1.165, 1.54) is 14.2 Å². The predicted octanol–water partition coefficient (Wildman–Crippen LogP) is 4.35. The second-order valence-corrected chi connectivity index (χ2v) is 5.72. The fourth-order valence-corrected chi connectivity index (χ4v) is 2.35. The van der Waals surface area contributed by atoms with Gasteiger partial charge in [0.15, 0.2) is 0 Å². The van der Waals surface area contributed by atoms with E-state index in [9.17, 15) is 0 Å². The smallest absolute Gasteiger partial charge is 0.328 e. The average molecular weight is 391 g/mol. The molecule has 2 aromatic carbocycles. The summed E-state index contributed by atoms with van der Waals surface area (Å²) in [7, 11) is 3.02. The molecule has 0 N–H and O–H groups in total. The second-order valence-electron chi connectivity index (χ2n) is 5.72. The molecule has 7 nitrogen and oxygen atoms in total. The number of rotatable bonds is 9. The van der Waals surface area contributed by atoms with Crippen LogP contribution >= 0.6 is 0 Å². The van der Waals surface area contributed by atoms with Crippen molar-refractivity contribution in [1.29, 1.82) is 0 Å². The Bertz CT molecular complexity index is 953. The van der Waals surface area contributed by atoms with Gasteiger partial charge in [0, 0.05) is 5.56 Å². The molecule has 0 saturated heterocycles. The number of hydrogen-bond donors (Lipinski definition) is 0. The molecule has 1 heterocycles. The summed E-state index contributed by atoms with van der Waals surface area (Å²) in [4.78, 5) is 13.6. The van der Waals surface area contributed by atoms with Crippen molar-refractivity contribution in [2.75, 3.05) is 20.8 Å². The zero-order valence-corrected chi connectivity index (χ0v) is 16.2. The number of aromatic nitrogens is 2. The van der Waals surface area contributed by atoms with E-state index in [0.717, 1.165) is 5.56 Å². The highest BCUT2D eigenvalue weighted by Gasteiger charge is 2.09. The van der Waals surface area contributed by atoms with E-state index in [0.29, 0.717) is 29.7 Å². The van der Waals surface area contributed by atoms with Gasteiger partial charge in [-0.15, -0.1) is 0 Å². The summed E-state index contributed by atoms with van der Waals surface area (Å²) in [5, 5.41) is 4.00. The first kappa shape index (κ1) is 19.9. The van der Waals surface area contributed by atoms with E-state index in [1.54, 1.807) is 18.3 Å². The molecule has 3 aromatic rings. The zero-order valence-electron chi connectivity index (χ0n) is 16.2. The molecule has 0 atom stereocenters. The number of ether oxygens (including phenoxy) is 3. The van der Waals surface area contributed by atoms with E-state index in [4.69, 9.17) is 19.0 Å². The quantitative estimate of drug-likeness (QED) is 0.307. The van der Waals surface area contributed by atoms with Crippen LogP contribution in [0.2, 0.25) is 0 Å². The van der Waals surface area contributed by atoms with Crippen LogP contribution in [0.3, 0.4) is 0 Å². The molecule has 0 fully saturated rings. The van der Waals surface area contributed by atoms with Crippen LogP contribution in [0.5, 0.6) is 23.5 Å². The molecule has 0 aliphatic carbocycles. The maximum absolute atomic E-state index is 5.79. The molecule has 0 aliphatic heterocycles. The van der Waals surface area contributed by atoms with Crippen molar-refractivity contribution < 1.29 is 19.0 Å². The van der Waals surface area contributed by atoms with Gasteiger partial charge < -0.3 is 19.0 Å². The third-order valence-corrected chi connectivity index (χ3v) is 3.74. The molecule has 0 bridgehead atoms. The first-order valence-electron chi connectivity index (χ1n) is 8.89. The third kappa shape index (κ3) is 6.07. The maximum atomic E-state index is 5.79. The van der Waals surface area contributed by atoms with Gasteiger partial charge in [-0.2, -0.15) is 9.97 Å². The fraction of sp³-hybridized carbons (Fsp3) is 0.136. The van der Waals surface area contributed by atoms with Crippen LogP contribution in [0.4, 0.5) is 0 Å². The summed E-state index contributed by atoms with van der Waals surface area (Å²) < 4.78 is 16.1. The van der Waals surface area contributed by atoms with Crippen LogP contribution in [0.15, 0.2) is 71.9 Å². The summed E-state index contributed by atoms with van der Waals surface area (Å²) in [5.74, 6) is 1.20. The maximum Gasteiger partial charge on any atom is 0.328 e. The predicted molar refractivity (Wildman–Crippen MR) is 111 cm³/mol. The Kier molecular flexibility index (Phi) is 7.17. The first-order valence-corrected chi connectivity index (χ1v) is 8.89. The molecule has 0 unspecified atom stereocenters. The van der Waals surface area contributed by atoms with Crippen molar-refractivity contribution in [3.8, 4) is 23.5 Å². The minimum atomic E-state index is 0.105. The molecule has 0 saturated carbocycles. The number of para-hydroxylation sites is 1. The first-order chi connectivity index (χ1) is 14.3. The lowest BCUT2D eigenvalue weighted by Crippen LogP contribution is -1.99. The lowest BCUT2D eigenvalue weighted by Gasteiger charge is -2.09. The van der Waals surface area contributed by atoms with Crippen LogP contribution in [0.25, 0.3) is 6.08 Å². The molecule has 148 valence electrons. The SMILES string of the molecule is COc1cc(OC)nc(Oc2ccccc2C=NOCC=Cc2ccccc2)n1. The topological polar surface area (TPSA) is 75.1 Å². The highest BCUT2D eigenvalue weighted by atomic mass is 16.6. The number of methoxy groups -OCH3 is 2. The summed E-state index contributed by atoms with van der Waals surface area (Å²) in [6.45, 7) is 0.352. The third-order valence-electron chi connectivity index (χ3n) is 3.74. The summed E-state index contributed by atoms with van der Waals surface area (Å²) >= 11 is 0. The van der Waals surface area contributed by atoms with Crippen molar-refractivity contribution in [2.24, 2.45) is 5.16 Å². The molecule has 1 aromatic heterocycles. The Morgan fingerprint density at radius 3 is 2.31 bits per heavy atom. The minimum absolute atomic E-state index is 0.105. The molecular formula is C22H21N3O4. The second kappa shape index (κ2) is 10.5. The molecule has 0 spiro atoms. The highest BCUT2D eigenvalue weighted by Crippen LogP contribution is 2.25. The van der Waals surface area contributed by atoms with Gasteiger partial charge in [-0.25, -0.2) is 0 Å². The Labute approximate surface area is 169 Å². The number of hydrogen-bond acceptors (Lipinski definition) is 7. The van der Waals surface area contributed by atoms with E-state index >= 15 is 0 Å². The number of nitrogens with zero attached hydrogens (tertiary/aromatic N) is 3. The van der Waals surface area contributed by atoms with Crippen molar-refractivity contribution in [2.45, 2.75) is 0 Å². The molecule has 0 amide bonds. The summed E-state index contributed by atoms with van der Waals surface area (Å²) in [5.41, 5.74) is 1.82. The number of oxime groups is 1. The zero-order chi connectivity index (χ0) is 20.3. The van der Waals surface area contributed by atoms with Gasteiger partial charge in [0.2, 0.25) is 11.8 Å². The van der Waals surface area contributed by atoms with Gasteiger partial charge >= 0.3 is 6.01 Å². The molecule has 7 heteroatoms.